The number of hydrogen-bond donors (Lipinski definition) is 0. The Morgan fingerprint density at radius 1 is 1.56 bits per heavy atom. The molecule has 9 heavy (non-hydrogen) atoms. The molecule has 1 unspecified atom stereocenters. The fourth-order valence-electron chi connectivity index (χ4n) is 1.03. The summed E-state index contributed by atoms with van der Waals surface area (Å²) in [7, 11) is 0. The lowest BCUT2D eigenvalue weighted by molar-refractivity contribution is 0.107. The van der Waals surface area contributed by atoms with Gasteiger partial charge in [0.1, 0.15) is 4.84 Å². The largest absolute Gasteiger partial charge is 0.378 e. The fourth-order valence-corrected chi connectivity index (χ4v) is 1.43. The summed E-state index contributed by atoms with van der Waals surface area (Å²) in [6.07, 6.45) is 3.38. The third-order valence-corrected chi connectivity index (χ3v) is 1.82. The maximum atomic E-state index is 5.54. The molecule has 0 aliphatic carbocycles. The molecule has 0 aromatic heterocycles. The van der Waals surface area contributed by atoms with Gasteiger partial charge in [0.05, 0.1) is 6.10 Å². The molecule has 0 saturated carbocycles. The highest BCUT2D eigenvalue weighted by Crippen LogP contribution is 2.20. The van der Waals surface area contributed by atoms with Gasteiger partial charge in [-0.2, -0.15) is 0 Å². The van der Waals surface area contributed by atoms with Crippen LogP contribution in [0.4, 0.5) is 0 Å². The van der Waals surface area contributed by atoms with Gasteiger partial charge < -0.3 is 4.74 Å². The fraction of sp³-hybridized carbons (Fsp3) is 1.00. The average Bonchev–Trinajstić information content (AvgIpc) is 2.15. The Hall–Kier alpha value is 0.540. The molecule has 54 valence electrons. The smallest absolute Gasteiger partial charge is 0.110 e. The molecule has 1 rings (SSSR count). The summed E-state index contributed by atoms with van der Waals surface area (Å²) in [6.45, 7) is 0.880. The second-order valence-corrected chi connectivity index (χ2v) is 3.54. The van der Waals surface area contributed by atoms with Gasteiger partial charge in [0.25, 0.3) is 0 Å². The van der Waals surface area contributed by atoms with Gasteiger partial charge in [0.2, 0.25) is 0 Å². The minimum Gasteiger partial charge on any atom is -0.378 e. The number of alkyl halides is 2. The quantitative estimate of drug-likeness (QED) is 0.576. The van der Waals surface area contributed by atoms with E-state index >= 15 is 0 Å². The topological polar surface area (TPSA) is 9.23 Å². The zero-order valence-electron chi connectivity index (χ0n) is 5.15. The second kappa shape index (κ2) is 3.65. The van der Waals surface area contributed by atoms with Crippen molar-refractivity contribution in [2.24, 2.45) is 0 Å². The van der Waals surface area contributed by atoms with Crippen molar-refractivity contribution >= 4 is 23.2 Å². The lowest BCUT2D eigenvalue weighted by Gasteiger charge is -2.07. The molecule has 0 N–H and O–H groups in total. The highest BCUT2D eigenvalue weighted by Gasteiger charge is 2.17. The van der Waals surface area contributed by atoms with E-state index in [1.54, 1.807) is 0 Å². The zero-order valence-corrected chi connectivity index (χ0v) is 6.66. The molecule has 0 amide bonds. The molecule has 1 atom stereocenters. The molecule has 0 aromatic carbocycles. The minimum atomic E-state index is -0.256. The summed E-state index contributed by atoms with van der Waals surface area (Å²) in [5.41, 5.74) is 0. The third kappa shape index (κ3) is 2.74. The van der Waals surface area contributed by atoms with Crippen molar-refractivity contribution in [1.82, 2.24) is 0 Å². The van der Waals surface area contributed by atoms with Crippen molar-refractivity contribution in [2.75, 3.05) is 6.61 Å². The van der Waals surface area contributed by atoms with Crippen LogP contribution in [-0.4, -0.2) is 17.5 Å². The van der Waals surface area contributed by atoms with E-state index in [1.165, 1.54) is 0 Å². The summed E-state index contributed by atoms with van der Waals surface area (Å²) in [5, 5.41) is 0. The normalized spacial score (nSPS) is 27.7. The number of halogens is 2. The lowest BCUT2D eigenvalue weighted by atomic mass is 10.2. The molecule has 0 bridgehead atoms. The van der Waals surface area contributed by atoms with Crippen LogP contribution in [0.5, 0.6) is 0 Å². The zero-order chi connectivity index (χ0) is 6.69. The predicted molar refractivity (Wildman–Crippen MR) is 39.1 cm³/mol. The summed E-state index contributed by atoms with van der Waals surface area (Å²) in [5.74, 6) is 0. The van der Waals surface area contributed by atoms with Crippen molar-refractivity contribution in [3.8, 4) is 0 Å². The Kier molecular flexibility index (Phi) is 3.10. The molecule has 0 aromatic rings. The number of rotatable bonds is 2. The van der Waals surface area contributed by atoms with Gasteiger partial charge in [-0.3, -0.25) is 0 Å². The second-order valence-electron chi connectivity index (χ2n) is 2.26. The van der Waals surface area contributed by atoms with Gasteiger partial charge in [-0.1, -0.05) is 0 Å². The first kappa shape index (κ1) is 7.64. The first-order valence-electron chi connectivity index (χ1n) is 3.19. The Morgan fingerprint density at radius 2 is 2.33 bits per heavy atom. The summed E-state index contributed by atoms with van der Waals surface area (Å²) in [4.78, 5) is -0.256. The van der Waals surface area contributed by atoms with Crippen LogP contribution >= 0.6 is 23.2 Å². The van der Waals surface area contributed by atoms with E-state index in [2.05, 4.69) is 0 Å². The van der Waals surface area contributed by atoms with Crippen LogP contribution in [0.25, 0.3) is 0 Å². The summed E-state index contributed by atoms with van der Waals surface area (Å²) < 4.78 is 5.29. The molecule has 3 heteroatoms. The van der Waals surface area contributed by atoms with Gasteiger partial charge in [0.15, 0.2) is 0 Å². The van der Waals surface area contributed by atoms with Crippen LogP contribution in [0.1, 0.15) is 19.3 Å². The maximum absolute atomic E-state index is 5.54. The van der Waals surface area contributed by atoms with Gasteiger partial charge in [0, 0.05) is 13.0 Å². The molecule has 1 aliphatic heterocycles. The molecule has 0 radical (unpaired) electrons. The highest BCUT2D eigenvalue weighted by molar-refractivity contribution is 6.44. The monoisotopic (exact) mass is 168 g/mol. The minimum absolute atomic E-state index is 0.256. The van der Waals surface area contributed by atoms with Crippen LogP contribution in [0, 0.1) is 0 Å². The molecule has 0 spiro atoms. The van der Waals surface area contributed by atoms with E-state index in [4.69, 9.17) is 27.9 Å². The van der Waals surface area contributed by atoms with Crippen LogP contribution < -0.4 is 0 Å². The Morgan fingerprint density at radius 3 is 2.78 bits per heavy atom. The van der Waals surface area contributed by atoms with Crippen LogP contribution in [0.15, 0.2) is 0 Å². The molecule has 1 fully saturated rings. The van der Waals surface area contributed by atoms with Gasteiger partial charge >= 0.3 is 0 Å². The van der Waals surface area contributed by atoms with Gasteiger partial charge in [-0.05, 0) is 12.8 Å². The van der Waals surface area contributed by atoms with Crippen molar-refractivity contribution in [3.05, 3.63) is 0 Å². The Labute approximate surface area is 65.3 Å². The van der Waals surface area contributed by atoms with Crippen LogP contribution in [-0.2, 0) is 4.74 Å². The number of hydrogen-bond acceptors (Lipinski definition) is 1. The lowest BCUT2D eigenvalue weighted by Crippen LogP contribution is -2.08. The first-order valence-corrected chi connectivity index (χ1v) is 4.06. The van der Waals surface area contributed by atoms with Gasteiger partial charge in [-0.25, -0.2) is 0 Å². The third-order valence-electron chi connectivity index (χ3n) is 1.47. The van der Waals surface area contributed by atoms with Crippen molar-refractivity contribution in [3.63, 3.8) is 0 Å². The van der Waals surface area contributed by atoms with E-state index in [9.17, 15) is 0 Å². The molecular formula is C6H10Cl2O. The summed E-state index contributed by atoms with van der Waals surface area (Å²) in [6, 6.07) is 0. The highest BCUT2D eigenvalue weighted by atomic mass is 35.5. The van der Waals surface area contributed by atoms with E-state index in [1.807, 2.05) is 0 Å². The molecular weight excluding hydrogens is 159 g/mol. The van der Waals surface area contributed by atoms with Crippen molar-refractivity contribution in [1.29, 1.82) is 0 Å². The molecule has 1 nitrogen and oxygen atoms in total. The SMILES string of the molecule is ClC(Cl)CC1CCCO1. The Bertz CT molecular complexity index is 79.1. The predicted octanol–water partition coefficient (Wildman–Crippen LogP) is 2.36. The van der Waals surface area contributed by atoms with E-state index in [0.717, 1.165) is 25.9 Å². The van der Waals surface area contributed by atoms with Crippen LogP contribution in [0.2, 0.25) is 0 Å². The van der Waals surface area contributed by atoms with Gasteiger partial charge in [-0.15, -0.1) is 23.2 Å². The number of ether oxygens (including phenoxy) is 1. The standard InChI is InChI=1S/C6H10Cl2O/c7-6(8)4-5-2-1-3-9-5/h5-6H,1-4H2. The first-order chi connectivity index (χ1) is 4.29. The van der Waals surface area contributed by atoms with E-state index in [0.29, 0.717) is 6.10 Å². The molecule has 1 saturated heterocycles. The van der Waals surface area contributed by atoms with Crippen molar-refractivity contribution < 1.29 is 4.74 Å². The molecule has 1 aliphatic rings. The Balaban J connectivity index is 2.11. The van der Waals surface area contributed by atoms with Crippen molar-refractivity contribution in [2.45, 2.75) is 30.2 Å². The van der Waals surface area contributed by atoms with E-state index in [-0.39, 0.29) is 4.84 Å². The maximum Gasteiger partial charge on any atom is 0.110 e. The average molecular weight is 169 g/mol. The van der Waals surface area contributed by atoms with Crippen LogP contribution in [0.3, 0.4) is 0 Å². The van der Waals surface area contributed by atoms with E-state index < -0.39 is 0 Å². The summed E-state index contributed by atoms with van der Waals surface area (Å²) >= 11 is 11.1. The molecule has 1 heterocycles.